The fourth-order valence-corrected chi connectivity index (χ4v) is 2.54. The van der Waals surface area contributed by atoms with Gasteiger partial charge in [0.25, 0.3) is 0 Å². The van der Waals surface area contributed by atoms with E-state index in [2.05, 4.69) is 18.7 Å². The number of nitrogens with zero attached hydrogens (tertiary/aromatic N) is 1. The van der Waals surface area contributed by atoms with Gasteiger partial charge in [-0.3, -0.25) is 4.79 Å². The van der Waals surface area contributed by atoms with Gasteiger partial charge in [-0.25, -0.2) is 0 Å². The average Bonchev–Trinajstić information content (AvgIpc) is 2.62. The second kappa shape index (κ2) is 3.45. The first-order valence-corrected chi connectivity index (χ1v) is 5.13. The molecule has 0 bridgehead atoms. The maximum atomic E-state index is 10.6. The monoisotopic (exact) mass is 219 g/mol. The van der Waals surface area contributed by atoms with Crippen LogP contribution in [0.25, 0.3) is 10.1 Å². The van der Waals surface area contributed by atoms with Crippen molar-refractivity contribution in [2.24, 2.45) is 0 Å². The highest BCUT2D eigenvalue weighted by atomic mass is 32.1. The fourth-order valence-electron chi connectivity index (χ4n) is 1.26. The Balaban J connectivity index is 2.83. The Bertz CT molecular complexity index is 551. The molecule has 0 spiro atoms. The maximum absolute atomic E-state index is 10.6. The summed E-state index contributed by atoms with van der Waals surface area (Å²) in [4.78, 5) is 11.9. The van der Waals surface area contributed by atoms with E-state index < -0.39 is 0 Å². The van der Waals surface area contributed by atoms with Crippen molar-refractivity contribution in [2.45, 2.75) is 4.90 Å². The third-order valence-electron chi connectivity index (χ3n) is 1.93. The van der Waals surface area contributed by atoms with Crippen LogP contribution in [0.3, 0.4) is 0 Å². The van der Waals surface area contributed by atoms with E-state index in [9.17, 15) is 4.79 Å². The number of fused-ring (bicyclic) bond motifs is 1. The Kier molecular flexibility index (Phi) is 2.28. The molecule has 0 saturated heterocycles. The number of rotatable bonds is 1. The predicted octanol–water partition coefficient (Wildman–Crippen LogP) is 2.87. The van der Waals surface area contributed by atoms with Crippen molar-refractivity contribution in [3.8, 4) is 6.07 Å². The highest BCUT2D eigenvalue weighted by molar-refractivity contribution is 7.80. The number of thiophene rings is 1. The third kappa shape index (κ3) is 1.31. The molecule has 1 heterocycles. The molecule has 0 aliphatic heterocycles. The fraction of sp³-hybridized carbons (Fsp3) is 0. The van der Waals surface area contributed by atoms with Crippen LogP contribution < -0.4 is 0 Å². The number of nitriles is 1. The smallest absolute Gasteiger partial charge is 0.160 e. The molecule has 0 aliphatic carbocycles. The number of aldehydes is 1. The van der Waals surface area contributed by atoms with Gasteiger partial charge in [0.05, 0.1) is 10.4 Å². The molecular formula is C10H5NOS2. The lowest BCUT2D eigenvalue weighted by Gasteiger charge is -1.96. The molecule has 0 radical (unpaired) electrons. The zero-order valence-corrected chi connectivity index (χ0v) is 8.73. The van der Waals surface area contributed by atoms with Gasteiger partial charge in [0.15, 0.2) is 6.29 Å². The van der Waals surface area contributed by atoms with E-state index in [-0.39, 0.29) is 0 Å². The molecule has 2 rings (SSSR count). The van der Waals surface area contributed by atoms with Crippen molar-refractivity contribution < 1.29 is 4.79 Å². The maximum Gasteiger partial charge on any atom is 0.160 e. The van der Waals surface area contributed by atoms with E-state index in [0.29, 0.717) is 15.3 Å². The van der Waals surface area contributed by atoms with Crippen LogP contribution in [-0.2, 0) is 0 Å². The van der Waals surface area contributed by atoms with E-state index in [1.165, 1.54) is 11.3 Å². The second-order valence-electron chi connectivity index (χ2n) is 2.75. The van der Waals surface area contributed by atoms with Crippen LogP contribution in [-0.4, -0.2) is 6.29 Å². The highest BCUT2D eigenvalue weighted by Crippen LogP contribution is 2.31. The van der Waals surface area contributed by atoms with Crippen LogP contribution in [0.1, 0.15) is 15.2 Å². The summed E-state index contributed by atoms with van der Waals surface area (Å²) in [5, 5.41) is 9.65. The third-order valence-corrected chi connectivity index (χ3v) is 3.44. The molecule has 0 atom stereocenters. The molecule has 0 unspecified atom stereocenters. The number of carbonyl (C=O) groups is 1. The first-order chi connectivity index (χ1) is 6.76. The standard InChI is InChI=1S/C10H5NOS2/c11-4-6-1-2-9-8(10(6)13)3-7(5-12)14-9/h1-3,5,13H. The van der Waals surface area contributed by atoms with Crippen LogP contribution in [0.15, 0.2) is 23.1 Å². The van der Waals surface area contributed by atoms with Gasteiger partial charge < -0.3 is 0 Å². The lowest BCUT2D eigenvalue weighted by Crippen LogP contribution is -1.76. The summed E-state index contributed by atoms with van der Waals surface area (Å²) in [5.74, 6) is 0. The van der Waals surface area contributed by atoms with Crippen LogP contribution in [0, 0.1) is 11.3 Å². The molecule has 2 nitrogen and oxygen atoms in total. The molecule has 0 fully saturated rings. The van der Waals surface area contributed by atoms with Gasteiger partial charge in [0.1, 0.15) is 6.07 Å². The zero-order chi connectivity index (χ0) is 10.1. The molecule has 0 aliphatic rings. The van der Waals surface area contributed by atoms with Crippen molar-refractivity contribution in [3.05, 3.63) is 28.6 Å². The van der Waals surface area contributed by atoms with Crippen LogP contribution in [0.2, 0.25) is 0 Å². The van der Waals surface area contributed by atoms with E-state index >= 15 is 0 Å². The summed E-state index contributed by atoms with van der Waals surface area (Å²) < 4.78 is 0.983. The largest absolute Gasteiger partial charge is 0.297 e. The first kappa shape index (κ1) is 9.25. The molecule has 2 aromatic rings. The Morgan fingerprint density at radius 1 is 1.50 bits per heavy atom. The molecule has 0 amide bonds. The predicted molar refractivity (Wildman–Crippen MR) is 59.2 cm³/mol. The van der Waals surface area contributed by atoms with Gasteiger partial charge >= 0.3 is 0 Å². The minimum absolute atomic E-state index is 0.538. The van der Waals surface area contributed by atoms with Crippen molar-refractivity contribution >= 4 is 40.3 Å². The molecule has 4 heteroatoms. The van der Waals surface area contributed by atoms with Crippen molar-refractivity contribution in [3.63, 3.8) is 0 Å². The lowest BCUT2D eigenvalue weighted by atomic mass is 10.2. The summed E-state index contributed by atoms with van der Waals surface area (Å²) in [6.45, 7) is 0. The van der Waals surface area contributed by atoms with Crippen LogP contribution in [0.4, 0.5) is 0 Å². The van der Waals surface area contributed by atoms with Crippen LogP contribution in [0.5, 0.6) is 0 Å². The first-order valence-electron chi connectivity index (χ1n) is 3.87. The van der Waals surface area contributed by atoms with Gasteiger partial charge in [-0.15, -0.1) is 24.0 Å². The van der Waals surface area contributed by atoms with Crippen molar-refractivity contribution in [1.82, 2.24) is 0 Å². The summed E-state index contributed by atoms with van der Waals surface area (Å²) in [7, 11) is 0. The number of hydrogen-bond donors (Lipinski definition) is 1. The van der Waals surface area contributed by atoms with Crippen molar-refractivity contribution in [2.75, 3.05) is 0 Å². The topological polar surface area (TPSA) is 40.9 Å². The lowest BCUT2D eigenvalue weighted by molar-refractivity contribution is 0.112. The summed E-state index contributed by atoms with van der Waals surface area (Å²) >= 11 is 5.67. The minimum Gasteiger partial charge on any atom is -0.297 e. The zero-order valence-electron chi connectivity index (χ0n) is 7.02. The van der Waals surface area contributed by atoms with Gasteiger partial charge in [-0.1, -0.05) is 0 Å². The number of thiol groups is 1. The number of hydrogen-bond acceptors (Lipinski definition) is 4. The van der Waals surface area contributed by atoms with Gasteiger partial charge in [0, 0.05) is 15.0 Å². The Hall–Kier alpha value is -1.31. The summed E-state index contributed by atoms with van der Waals surface area (Å²) in [6, 6.07) is 7.37. The molecule has 68 valence electrons. The minimum atomic E-state index is 0.538. The molecule has 14 heavy (non-hydrogen) atoms. The molecule has 0 saturated carbocycles. The van der Waals surface area contributed by atoms with E-state index in [0.717, 1.165) is 16.4 Å². The van der Waals surface area contributed by atoms with E-state index in [1.807, 2.05) is 6.07 Å². The average molecular weight is 219 g/mol. The Morgan fingerprint density at radius 2 is 2.29 bits per heavy atom. The highest BCUT2D eigenvalue weighted by Gasteiger charge is 2.07. The normalized spacial score (nSPS) is 10.0. The summed E-state index contributed by atoms with van der Waals surface area (Å²) in [5.41, 5.74) is 0.538. The SMILES string of the molecule is N#Cc1ccc2sc(C=O)cc2c1S. The second-order valence-corrected chi connectivity index (χ2v) is 4.31. The van der Waals surface area contributed by atoms with Gasteiger partial charge in [-0.05, 0) is 18.2 Å². The quantitative estimate of drug-likeness (QED) is 0.592. The van der Waals surface area contributed by atoms with E-state index in [1.54, 1.807) is 12.1 Å². The molecule has 1 aromatic carbocycles. The van der Waals surface area contributed by atoms with Crippen LogP contribution >= 0.6 is 24.0 Å². The molecular weight excluding hydrogens is 214 g/mol. The van der Waals surface area contributed by atoms with Crippen molar-refractivity contribution in [1.29, 1.82) is 5.26 Å². The molecule has 1 aromatic heterocycles. The number of benzene rings is 1. The Morgan fingerprint density at radius 3 is 2.93 bits per heavy atom. The molecule has 0 N–H and O–H groups in total. The van der Waals surface area contributed by atoms with E-state index in [4.69, 9.17) is 5.26 Å². The number of carbonyl (C=O) groups excluding carboxylic acids is 1. The summed E-state index contributed by atoms with van der Waals surface area (Å²) in [6.07, 6.45) is 0.809. The van der Waals surface area contributed by atoms with Gasteiger partial charge in [0.2, 0.25) is 0 Å². The van der Waals surface area contributed by atoms with Gasteiger partial charge in [-0.2, -0.15) is 5.26 Å². The Labute approximate surface area is 90.2 Å².